The largest absolute Gasteiger partial charge is 0.388 e. The molecule has 3 rings (SSSR count). The topological polar surface area (TPSA) is 94.1 Å². The normalized spacial score (nSPS) is 17.0. The molecule has 1 N–H and O–H groups in total. The van der Waals surface area contributed by atoms with Gasteiger partial charge in [-0.3, -0.25) is 10.1 Å². The van der Waals surface area contributed by atoms with Gasteiger partial charge in [0.15, 0.2) is 5.82 Å². The number of nitrogens with zero attached hydrogens (tertiary/aromatic N) is 4. The molecule has 1 aliphatic carbocycles. The fourth-order valence-electron chi connectivity index (χ4n) is 2.73. The van der Waals surface area contributed by atoms with E-state index in [0.717, 1.165) is 31.2 Å². The highest BCUT2D eigenvalue weighted by Gasteiger charge is 2.31. The van der Waals surface area contributed by atoms with Crippen LogP contribution in [-0.2, 0) is 6.54 Å². The molecule has 7 heteroatoms. The predicted molar refractivity (Wildman–Crippen MR) is 75.5 cm³/mol. The van der Waals surface area contributed by atoms with Gasteiger partial charge in [0, 0.05) is 17.7 Å². The standard InChI is InChI=1S/C14H16N4O3/c19-14(7-1-2-8-14)9-17-10-15-13(16-17)11-3-5-12(6-4-11)18(20)21/h3-6,10,19H,1-2,7-9H2. The van der Waals surface area contributed by atoms with Gasteiger partial charge in [-0.25, -0.2) is 9.67 Å². The summed E-state index contributed by atoms with van der Waals surface area (Å²) >= 11 is 0. The van der Waals surface area contributed by atoms with E-state index in [1.54, 1.807) is 23.1 Å². The summed E-state index contributed by atoms with van der Waals surface area (Å²) in [4.78, 5) is 14.4. The maximum Gasteiger partial charge on any atom is 0.269 e. The van der Waals surface area contributed by atoms with Crippen LogP contribution in [0.3, 0.4) is 0 Å². The van der Waals surface area contributed by atoms with Crippen molar-refractivity contribution in [2.75, 3.05) is 0 Å². The molecule has 110 valence electrons. The van der Waals surface area contributed by atoms with Gasteiger partial charge in [0.1, 0.15) is 6.33 Å². The van der Waals surface area contributed by atoms with E-state index in [-0.39, 0.29) is 5.69 Å². The van der Waals surface area contributed by atoms with Crippen LogP contribution in [0.2, 0.25) is 0 Å². The molecule has 0 unspecified atom stereocenters. The highest BCUT2D eigenvalue weighted by molar-refractivity contribution is 5.56. The average Bonchev–Trinajstić information content (AvgIpc) is 3.09. The third-order valence-corrected chi connectivity index (χ3v) is 3.86. The highest BCUT2D eigenvalue weighted by Crippen LogP contribution is 2.30. The first-order valence-electron chi connectivity index (χ1n) is 6.92. The summed E-state index contributed by atoms with van der Waals surface area (Å²) in [6.45, 7) is 0.437. The third-order valence-electron chi connectivity index (χ3n) is 3.86. The van der Waals surface area contributed by atoms with E-state index in [2.05, 4.69) is 10.1 Å². The van der Waals surface area contributed by atoms with Crippen molar-refractivity contribution in [3.8, 4) is 11.4 Å². The van der Waals surface area contributed by atoms with E-state index in [4.69, 9.17) is 0 Å². The maximum atomic E-state index is 10.6. The number of hydrogen-bond acceptors (Lipinski definition) is 5. The Kier molecular flexibility index (Phi) is 3.42. The van der Waals surface area contributed by atoms with Gasteiger partial charge in [-0.1, -0.05) is 12.8 Å². The summed E-state index contributed by atoms with van der Waals surface area (Å²) in [5.74, 6) is 0.506. The molecule has 1 aromatic carbocycles. The molecule has 0 spiro atoms. The van der Waals surface area contributed by atoms with Crippen molar-refractivity contribution in [3.05, 3.63) is 40.7 Å². The van der Waals surface area contributed by atoms with Gasteiger partial charge in [0.25, 0.3) is 5.69 Å². The first-order valence-corrected chi connectivity index (χ1v) is 6.92. The van der Waals surface area contributed by atoms with Crippen LogP contribution in [0.1, 0.15) is 25.7 Å². The summed E-state index contributed by atoms with van der Waals surface area (Å²) in [6, 6.07) is 6.12. The second-order valence-corrected chi connectivity index (χ2v) is 5.50. The molecular weight excluding hydrogens is 272 g/mol. The van der Waals surface area contributed by atoms with Crippen LogP contribution < -0.4 is 0 Å². The van der Waals surface area contributed by atoms with Gasteiger partial charge in [-0.15, -0.1) is 0 Å². The number of hydrogen-bond donors (Lipinski definition) is 1. The number of nitro benzene ring substituents is 1. The van der Waals surface area contributed by atoms with Gasteiger partial charge in [-0.2, -0.15) is 5.10 Å². The van der Waals surface area contributed by atoms with E-state index >= 15 is 0 Å². The smallest absolute Gasteiger partial charge is 0.269 e. The minimum Gasteiger partial charge on any atom is -0.388 e. The lowest BCUT2D eigenvalue weighted by Gasteiger charge is -2.21. The van der Waals surface area contributed by atoms with Crippen LogP contribution >= 0.6 is 0 Å². The molecule has 0 saturated heterocycles. The SMILES string of the molecule is O=[N+]([O-])c1ccc(-c2ncn(CC3(O)CCCC3)n2)cc1. The Morgan fingerprint density at radius 1 is 1.29 bits per heavy atom. The van der Waals surface area contributed by atoms with Crippen molar-refractivity contribution < 1.29 is 10.0 Å². The molecular formula is C14H16N4O3. The number of benzene rings is 1. The second kappa shape index (κ2) is 5.25. The van der Waals surface area contributed by atoms with Gasteiger partial charge in [-0.05, 0) is 25.0 Å². The Labute approximate surface area is 121 Å². The van der Waals surface area contributed by atoms with Crippen LogP contribution in [0.4, 0.5) is 5.69 Å². The lowest BCUT2D eigenvalue weighted by molar-refractivity contribution is -0.384. The Balaban J connectivity index is 1.76. The summed E-state index contributed by atoms with van der Waals surface area (Å²) in [5.41, 5.74) is 0.0803. The minimum absolute atomic E-state index is 0.0402. The van der Waals surface area contributed by atoms with Crippen molar-refractivity contribution >= 4 is 5.69 Å². The molecule has 1 aliphatic rings. The fourth-order valence-corrected chi connectivity index (χ4v) is 2.73. The zero-order valence-corrected chi connectivity index (χ0v) is 11.5. The second-order valence-electron chi connectivity index (χ2n) is 5.50. The number of aliphatic hydroxyl groups is 1. The number of rotatable bonds is 4. The molecule has 0 bridgehead atoms. The van der Waals surface area contributed by atoms with E-state index in [0.29, 0.717) is 12.4 Å². The van der Waals surface area contributed by atoms with Crippen LogP contribution in [0, 0.1) is 10.1 Å². The third kappa shape index (κ3) is 2.92. The van der Waals surface area contributed by atoms with Crippen LogP contribution in [0.15, 0.2) is 30.6 Å². The van der Waals surface area contributed by atoms with Crippen molar-refractivity contribution in [1.29, 1.82) is 0 Å². The first-order chi connectivity index (χ1) is 10.1. The summed E-state index contributed by atoms with van der Waals surface area (Å²) in [5, 5.41) is 25.3. The summed E-state index contributed by atoms with van der Waals surface area (Å²) in [7, 11) is 0. The van der Waals surface area contributed by atoms with Gasteiger partial charge >= 0.3 is 0 Å². The zero-order chi connectivity index (χ0) is 14.9. The van der Waals surface area contributed by atoms with Gasteiger partial charge in [0.05, 0.1) is 17.1 Å². The molecule has 1 saturated carbocycles. The van der Waals surface area contributed by atoms with Crippen molar-refractivity contribution in [2.24, 2.45) is 0 Å². The number of aromatic nitrogens is 3. The Bertz CT molecular complexity index is 644. The summed E-state index contributed by atoms with van der Waals surface area (Å²) < 4.78 is 1.64. The number of non-ortho nitro benzene ring substituents is 1. The van der Waals surface area contributed by atoms with E-state index in [9.17, 15) is 15.2 Å². The van der Waals surface area contributed by atoms with Gasteiger partial charge < -0.3 is 5.11 Å². The molecule has 7 nitrogen and oxygen atoms in total. The Morgan fingerprint density at radius 2 is 1.95 bits per heavy atom. The predicted octanol–water partition coefficient (Wildman–Crippen LogP) is 2.16. The molecule has 0 atom stereocenters. The molecule has 0 radical (unpaired) electrons. The lowest BCUT2D eigenvalue weighted by Crippen LogP contribution is -2.30. The molecule has 1 heterocycles. The monoisotopic (exact) mass is 288 g/mol. The average molecular weight is 288 g/mol. The maximum absolute atomic E-state index is 10.6. The Morgan fingerprint density at radius 3 is 2.57 bits per heavy atom. The highest BCUT2D eigenvalue weighted by atomic mass is 16.6. The minimum atomic E-state index is -0.680. The molecule has 1 fully saturated rings. The van der Waals surface area contributed by atoms with E-state index in [1.807, 2.05) is 0 Å². The van der Waals surface area contributed by atoms with Crippen LogP contribution in [-0.4, -0.2) is 30.4 Å². The number of nitro groups is 1. The van der Waals surface area contributed by atoms with Crippen LogP contribution in [0.25, 0.3) is 11.4 Å². The van der Waals surface area contributed by atoms with E-state index in [1.165, 1.54) is 12.1 Å². The zero-order valence-electron chi connectivity index (χ0n) is 11.5. The summed E-state index contributed by atoms with van der Waals surface area (Å²) in [6.07, 6.45) is 5.26. The van der Waals surface area contributed by atoms with Crippen molar-refractivity contribution in [3.63, 3.8) is 0 Å². The lowest BCUT2D eigenvalue weighted by atomic mass is 10.0. The van der Waals surface area contributed by atoms with Crippen molar-refractivity contribution in [1.82, 2.24) is 14.8 Å². The quantitative estimate of drug-likeness (QED) is 0.687. The first kappa shape index (κ1) is 13.7. The molecule has 0 amide bonds. The molecule has 21 heavy (non-hydrogen) atoms. The van der Waals surface area contributed by atoms with E-state index < -0.39 is 10.5 Å². The fraction of sp³-hybridized carbons (Fsp3) is 0.429. The van der Waals surface area contributed by atoms with Crippen molar-refractivity contribution in [2.45, 2.75) is 37.8 Å². The van der Waals surface area contributed by atoms with Crippen LogP contribution in [0.5, 0.6) is 0 Å². The Hall–Kier alpha value is -2.28. The van der Waals surface area contributed by atoms with Gasteiger partial charge in [0.2, 0.25) is 0 Å². The molecule has 2 aromatic rings. The molecule has 1 aromatic heterocycles. The molecule has 0 aliphatic heterocycles.